The van der Waals surface area contributed by atoms with Gasteiger partial charge >= 0.3 is 5.97 Å². The summed E-state index contributed by atoms with van der Waals surface area (Å²) in [7, 11) is 0. The second-order valence-corrected chi connectivity index (χ2v) is 7.21. The van der Waals surface area contributed by atoms with Crippen molar-refractivity contribution in [2.45, 2.75) is 39.7 Å². The summed E-state index contributed by atoms with van der Waals surface area (Å²) in [6, 6.07) is 6.94. The van der Waals surface area contributed by atoms with E-state index in [9.17, 15) is 14.4 Å². The summed E-state index contributed by atoms with van der Waals surface area (Å²) in [6.45, 7) is 4.90. The summed E-state index contributed by atoms with van der Waals surface area (Å²) in [5.41, 5.74) is -0.0647. The standard InChI is InChI=1S/C17H23BrN2O4/c1-11(21)20-14(12-4-6-13(18)7-5-12)10-15(22)19-9-8-17(2,3)16(23)24/h4-7,14H,8-10H2,1-3H3,(H,19,22)(H,20,21)(H,23,24). The largest absolute Gasteiger partial charge is 0.481 e. The van der Waals surface area contributed by atoms with Gasteiger partial charge in [0.1, 0.15) is 0 Å². The molecule has 1 unspecified atom stereocenters. The molecule has 1 aromatic carbocycles. The Bertz CT molecular complexity index is 599. The van der Waals surface area contributed by atoms with Gasteiger partial charge in [0.05, 0.1) is 17.9 Å². The highest BCUT2D eigenvalue weighted by molar-refractivity contribution is 9.10. The molecule has 132 valence electrons. The van der Waals surface area contributed by atoms with Gasteiger partial charge in [-0.2, -0.15) is 0 Å². The first-order chi connectivity index (χ1) is 11.1. The predicted octanol–water partition coefficient (Wildman–Crippen LogP) is 2.63. The quantitative estimate of drug-likeness (QED) is 0.626. The van der Waals surface area contributed by atoms with E-state index in [0.717, 1.165) is 10.0 Å². The third-order valence-electron chi connectivity index (χ3n) is 3.69. The Morgan fingerprint density at radius 2 is 1.79 bits per heavy atom. The molecule has 2 amide bonds. The summed E-state index contributed by atoms with van der Waals surface area (Å²) in [6.07, 6.45) is 0.422. The van der Waals surface area contributed by atoms with E-state index in [1.165, 1.54) is 6.92 Å². The zero-order valence-corrected chi connectivity index (χ0v) is 15.6. The van der Waals surface area contributed by atoms with Gasteiger partial charge in [0.2, 0.25) is 11.8 Å². The monoisotopic (exact) mass is 398 g/mol. The van der Waals surface area contributed by atoms with E-state index >= 15 is 0 Å². The van der Waals surface area contributed by atoms with Crippen LogP contribution in [-0.4, -0.2) is 29.4 Å². The van der Waals surface area contributed by atoms with E-state index in [1.807, 2.05) is 24.3 Å². The fraction of sp³-hybridized carbons (Fsp3) is 0.471. The fourth-order valence-electron chi connectivity index (χ4n) is 2.07. The van der Waals surface area contributed by atoms with Crippen LogP contribution in [-0.2, 0) is 14.4 Å². The van der Waals surface area contributed by atoms with Crippen molar-refractivity contribution in [3.8, 4) is 0 Å². The highest BCUT2D eigenvalue weighted by Gasteiger charge is 2.26. The van der Waals surface area contributed by atoms with Gasteiger partial charge in [-0.25, -0.2) is 0 Å². The van der Waals surface area contributed by atoms with Crippen LogP contribution in [0.2, 0.25) is 0 Å². The number of hydrogen-bond acceptors (Lipinski definition) is 3. The summed E-state index contributed by atoms with van der Waals surface area (Å²) < 4.78 is 0.910. The molecule has 0 aromatic heterocycles. The van der Waals surface area contributed by atoms with Gasteiger partial charge in [0.15, 0.2) is 0 Å². The summed E-state index contributed by atoms with van der Waals surface area (Å²) in [5, 5.41) is 14.5. The minimum atomic E-state index is -0.900. The van der Waals surface area contributed by atoms with Gasteiger partial charge in [-0.15, -0.1) is 0 Å². The second-order valence-electron chi connectivity index (χ2n) is 6.30. The number of aliphatic carboxylic acids is 1. The van der Waals surface area contributed by atoms with E-state index < -0.39 is 17.4 Å². The van der Waals surface area contributed by atoms with Crippen LogP contribution in [0.5, 0.6) is 0 Å². The number of halogens is 1. The average Bonchev–Trinajstić information content (AvgIpc) is 2.46. The Hall–Kier alpha value is -1.89. The smallest absolute Gasteiger partial charge is 0.309 e. The maximum Gasteiger partial charge on any atom is 0.309 e. The second kappa shape index (κ2) is 8.82. The molecule has 0 saturated heterocycles. The minimum Gasteiger partial charge on any atom is -0.481 e. The number of hydrogen-bond donors (Lipinski definition) is 3. The van der Waals surface area contributed by atoms with Crippen LogP contribution < -0.4 is 10.6 Å². The average molecular weight is 399 g/mol. The van der Waals surface area contributed by atoms with Crippen LogP contribution in [0.25, 0.3) is 0 Å². The highest BCUT2D eigenvalue weighted by atomic mass is 79.9. The number of amides is 2. The first-order valence-corrected chi connectivity index (χ1v) is 8.44. The van der Waals surface area contributed by atoms with Crippen LogP contribution in [0.4, 0.5) is 0 Å². The number of carboxylic acid groups (broad SMARTS) is 1. The van der Waals surface area contributed by atoms with Crippen LogP contribution in [0.3, 0.4) is 0 Å². The lowest BCUT2D eigenvalue weighted by atomic mass is 9.89. The normalized spacial score (nSPS) is 12.3. The first-order valence-electron chi connectivity index (χ1n) is 7.64. The Morgan fingerprint density at radius 3 is 2.29 bits per heavy atom. The lowest BCUT2D eigenvalue weighted by Gasteiger charge is -2.21. The van der Waals surface area contributed by atoms with E-state index in [4.69, 9.17) is 5.11 Å². The predicted molar refractivity (Wildman–Crippen MR) is 94.4 cm³/mol. The van der Waals surface area contributed by atoms with Crippen molar-refractivity contribution in [3.05, 3.63) is 34.3 Å². The molecule has 0 aliphatic heterocycles. The van der Waals surface area contributed by atoms with E-state index in [-0.39, 0.29) is 24.8 Å². The Labute approximate surface area is 150 Å². The number of rotatable bonds is 8. The molecule has 24 heavy (non-hydrogen) atoms. The molecule has 3 N–H and O–H groups in total. The Balaban J connectivity index is 2.63. The van der Waals surface area contributed by atoms with Gasteiger partial charge in [0, 0.05) is 17.9 Å². The van der Waals surface area contributed by atoms with Gasteiger partial charge in [0.25, 0.3) is 0 Å². The molecule has 7 heteroatoms. The van der Waals surface area contributed by atoms with Crippen molar-refractivity contribution < 1.29 is 19.5 Å². The van der Waals surface area contributed by atoms with E-state index in [2.05, 4.69) is 26.6 Å². The molecule has 0 spiro atoms. The number of carbonyl (C=O) groups excluding carboxylic acids is 2. The molecule has 0 heterocycles. The zero-order chi connectivity index (χ0) is 18.3. The molecule has 0 saturated carbocycles. The molecule has 1 aromatic rings. The van der Waals surface area contributed by atoms with Crippen LogP contribution in [0, 0.1) is 5.41 Å². The molecule has 0 aliphatic rings. The molecular formula is C17H23BrN2O4. The van der Waals surface area contributed by atoms with Crippen LogP contribution in [0.15, 0.2) is 28.7 Å². The van der Waals surface area contributed by atoms with Crippen LogP contribution >= 0.6 is 15.9 Å². The lowest BCUT2D eigenvalue weighted by Crippen LogP contribution is -2.35. The zero-order valence-electron chi connectivity index (χ0n) is 14.1. The lowest BCUT2D eigenvalue weighted by molar-refractivity contribution is -0.147. The molecule has 1 rings (SSSR count). The molecule has 6 nitrogen and oxygen atoms in total. The third kappa shape index (κ3) is 6.70. The summed E-state index contributed by atoms with van der Waals surface area (Å²) in [5.74, 6) is -1.36. The van der Waals surface area contributed by atoms with Crippen molar-refractivity contribution >= 4 is 33.7 Å². The van der Waals surface area contributed by atoms with E-state index in [1.54, 1.807) is 13.8 Å². The Morgan fingerprint density at radius 1 is 1.21 bits per heavy atom. The SMILES string of the molecule is CC(=O)NC(CC(=O)NCCC(C)(C)C(=O)O)c1ccc(Br)cc1. The number of carbonyl (C=O) groups is 3. The number of carboxylic acids is 1. The molecule has 0 aliphatic carbocycles. The molecule has 0 fully saturated rings. The number of benzene rings is 1. The van der Waals surface area contributed by atoms with Crippen molar-refractivity contribution in [2.75, 3.05) is 6.54 Å². The van der Waals surface area contributed by atoms with Crippen LogP contribution in [0.1, 0.15) is 45.2 Å². The van der Waals surface area contributed by atoms with Crippen molar-refractivity contribution in [3.63, 3.8) is 0 Å². The summed E-state index contributed by atoms with van der Waals surface area (Å²) in [4.78, 5) is 34.5. The molecule has 0 bridgehead atoms. The van der Waals surface area contributed by atoms with Gasteiger partial charge in [-0.05, 0) is 38.0 Å². The highest BCUT2D eigenvalue weighted by Crippen LogP contribution is 2.21. The molecule has 1 atom stereocenters. The van der Waals surface area contributed by atoms with E-state index in [0.29, 0.717) is 6.42 Å². The summed E-state index contributed by atoms with van der Waals surface area (Å²) >= 11 is 3.35. The van der Waals surface area contributed by atoms with Crippen molar-refractivity contribution in [2.24, 2.45) is 5.41 Å². The first kappa shape index (κ1) is 20.2. The topological polar surface area (TPSA) is 95.5 Å². The van der Waals surface area contributed by atoms with Crippen molar-refractivity contribution in [1.82, 2.24) is 10.6 Å². The van der Waals surface area contributed by atoms with Crippen molar-refractivity contribution in [1.29, 1.82) is 0 Å². The van der Waals surface area contributed by atoms with Gasteiger partial charge in [-0.1, -0.05) is 28.1 Å². The molecule has 0 radical (unpaired) electrons. The maximum absolute atomic E-state index is 12.1. The Kier molecular flexibility index (Phi) is 7.41. The fourth-order valence-corrected chi connectivity index (χ4v) is 2.34. The van der Waals surface area contributed by atoms with Gasteiger partial charge in [-0.3, -0.25) is 14.4 Å². The maximum atomic E-state index is 12.1. The third-order valence-corrected chi connectivity index (χ3v) is 4.22. The van der Waals surface area contributed by atoms with Gasteiger partial charge < -0.3 is 15.7 Å². The minimum absolute atomic E-state index is 0.0920. The molecular weight excluding hydrogens is 376 g/mol. The number of nitrogens with one attached hydrogen (secondary N) is 2.